The van der Waals surface area contributed by atoms with Gasteiger partial charge in [-0.15, -0.1) is 0 Å². The van der Waals surface area contributed by atoms with E-state index in [2.05, 4.69) is 10.1 Å². The van der Waals surface area contributed by atoms with E-state index in [1.54, 1.807) is 30.0 Å². The fourth-order valence-corrected chi connectivity index (χ4v) is 2.39. The molecule has 2 heterocycles. The first-order valence-electron chi connectivity index (χ1n) is 8.18. The van der Waals surface area contributed by atoms with E-state index < -0.39 is 10.9 Å². The maximum Gasteiger partial charge on any atom is 0.340 e. The quantitative estimate of drug-likeness (QED) is 0.377. The van der Waals surface area contributed by atoms with Gasteiger partial charge in [-0.1, -0.05) is 18.2 Å². The molecule has 0 bridgehead atoms. The molecule has 136 valence electrons. The Kier molecular flexibility index (Phi) is 5.36. The number of aromatic nitrogens is 3. The third kappa shape index (κ3) is 4.24. The van der Waals surface area contributed by atoms with Crippen molar-refractivity contribution in [3.05, 3.63) is 81.9 Å². The number of ether oxygens (including phenoxy) is 1. The van der Waals surface area contributed by atoms with E-state index in [-0.39, 0.29) is 23.6 Å². The van der Waals surface area contributed by atoms with Gasteiger partial charge >= 0.3 is 5.97 Å². The van der Waals surface area contributed by atoms with Crippen molar-refractivity contribution < 1.29 is 14.5 Å². The lowest BCUT2D eigenvalue weighted by Crippen LogP contribution is -2.08. The Morgan fingerprint density at radius 3 is 2.74 bits per heavy atom. The van der Waals surface area contributed by atoms with E-state index in [0.29, 0.717) is 0 Å². The highest BCUT2D eigenvalue weighted by Gasteiger charge is 2.17. The summed E-state index contributed by atoms with van der Waals surface area (Å²) in [5.74, 6) is -0.659. The summed E-state index contributed by atoms with van der Waals surface area (Å²) in [5.41, 5.74) is 1.75. The lowest BCUT2D eigenvalue weighted by Gasteiger charge is -2.04. The van der Waals surface area contributed by atoms with Gasteiger partial charge in [0.15, 0.2) is 0 Å². The van der Waals surface area contributed by atoms with Crippen molar-refractivity contribution in [2.45, 2.75) is 6.92 Å². The third-order valence-corrected chi connectivity index (χ3v) is 3.67. The molecule has 1 aromatic carbocycles. The van der Waals surface area contributed by atoms with E-state index in [4.69, 9.17) is 4.74 Å². The Bertz CT molecular complexity index is 996. The van der Waals surface area contributed by atoms with Gasteiger partial charge in [-0.3, -0.25) is 10.1 Å². The van der Waals surface area contributed by atoms with Crippen LogP contribution in [0.4, 0.5) is 5.69 Å². The zero-order valence-corrected chi connectivity index (χ0v) is 14.5. The molecule has 0 spiro atoms. The molecule has 3 aromatic rings. The monoisotopic (exact) mass is 364 g/mol. The lowest BCUT2D eigenvalue weighted by molar-refractivity contribution is -0.385. The van der Waals surface area contributed by atoms with Crippen molar-refractivity contribution in [1.82, 2.24) is 14.8 Å². The first-order valence-corrected chi connectivity index (χ1v) is 8.18. The normalized spacial score (nSPS) is 10.9. The molecule has 8 nitrogen and oxygen atoms in total. The number of para-hydroxylation sites is 1. The van der Waals surface area contributed by atoms with Gasteiger partial charge in [0.05, 0.1) is 34.7 Å². The van der Waals surface area contributed by atoms with Crippen molar-refractivity contribution in [2.75, 3.05) is 6.61 Å². The van der Waals surface area contributed by atoms with Crippen LogP contribution in [0, 0.1) is 10.1 Å². The molecule has 0 saturated heterocycles. The Hall–Kier alpha value is -3.81. The van der Waals surface area contributed by atoms with Crippen LogP contribution in [0.2, 0.25) is 0 Å². The van der Waals surface area contributed by atoms with E-state index in [1.807, 2.05) is 36.5 Å². The predicted octanol–water partition coefficient (Wildman–Crippen LogP) is 3.52. The van der Waals surface area contributed by atoms with Crippen molar-refractivity contribution in [3.8, 4) is 5.69 Å². The summed E-state index contributed by atoms with van der Waals surface area (Å²) in [5, 5.41) is 15.2. The number of hydrogen-bond donors (Lipinski definition) is 0. The molecule has 3 rings (SSSR count). The fraction of sp³-hybridized carbons (Fsp3) is 0.105. The molecule has 8 heteroatoms. The van der Waals surface area contributed by atoms with E-state index in [9.17, 15) is 14.9 Å². The highest BCUT2D eigenvalue weighted by atomic mass is 16.6. The molecule has 0 amide bonds. The van der Waals surface area contributed by atoms with Crippen LogP contribution in [-0.2, 0) is 4.74 Å². The summed E-state index contributed by atoms with van der Waals surface area (Å²) < 4.78 is 6.68. The molecule has 0 N–H and O–H groups in total. The topological polar surface area (TPSA) is 100 Å². The summed E-state index contributed by atoms with van der Waals surface area (Å²) in [6.07, 6.45) is 7.92. The van der Waals surface area contributed by atoms with Gasteiger partial charge in [-0.05, 0) is 31.2 Å². The number of nitro groups is 1. The number of benzene rings is 1. The molecule has 0 aliphatic rings. The zero-order valence-electron chi connectivity index (χ0n) is 14.5. The summed E-state index contributed by atoms with van der Waals surface area (Å²) in [7, 11) is 0. The second-order valence-electron chi connectivity index (χ2n) is 5.49. The first-order chi connectivity index (χ1) is 13.1. The van der Waals surface area contributed by atoms with E-state index in [0.717, 1.165) is 23.5 Å². The summed E-state index contributed by atoms with van der Waals surface area (Å²) in [6.45, 7) is 1.82. The number of esters is 1. The molecular weight excluding hydrogens is 348 g/mol. The van der Waals surface area contributed by atoms with Gasteiger partial charge in [0, 0.05) is 17.8 Å². The molecule has 2 aromatic heterocycles. The van der Waals surface area contributed by atoms with Crippen molar-refractivity contribution in [2.24, 2.45) is 0 Å². The Labute approximate surface area is 154 Å². The highest BCUT2D eigenvalue weighted by molar-refractivity contribution is 5.94. The molecule has 0 fully saturated rings. The van der Waals surface area contributed by atoms with Gasteiger partial charge in [-0.25, -0.2) is 14.5 Å². The standard InChI is InChI=1S/C19H16N4O4/c1-2-27-19(24)17-10-16(23(25)26)12-20-18(17)9-8-14-11-21-22(13-14)15-6-4-3-5-7-15/h3-13H,2H2,1H3/b9-8+. The molecule has 0 aliphatic heterocycles. The summed E-state index contributed by atoms with van der Waals surface area (Å²) in [4.78, 5) is 26.5. The van der Waals surface area contributed by atoms with Crippen molar-refractivity contribution >= 4 is 23.8 Å². The first kappa shape index (κ1) is 18.0. The average Bonchev–Trinajstić information content (AvgIpc) is 3.16. The largest absolute Gasteiger partial charge is 0.462 e. The van der Waals surface area contributed by atoms with Crippen LogP contribution < -0.4 is 0 Å². The Balaban J connectivity index is 1.89. The highest BCUT2D eigenvalue weighted by Crippen LogP contribution is 2.19. The second-order valence-corrected chi connectivity index (χ2v) is 5.49. The zero-order chi connectivity index (χ0) is 19.2. The molecule has 0 aliphatic carbocycles. The predicted molar refractivity (Wildman–Crippen MR) is 99.3 cm³/mol. The van der Waals surface area contributed by atoms with E-state index in [1.165, 1.54) is 0 Å². The minimum absolute atomic E-state index is 0.0396. The van der Waals surface area contributed by atoms with Crippen LogP contribution in [-0.4, -0.2) is 32.3 Å². The number of pyridine rings is 1. The van der Waals surface area contributed by atoms with Crippen LogP contribution in [0.1, 0.15) is 28.5 Å². The Morgan fingerprint density at radius 1 is 1.26 bits per heavy atom. The fourth-order valence-electron chi connectivity index (χ4n) is 2.39. The third-order valence-electron chi connectivity index (χ3n) is 3.67. The lowest BCUT2D eigenvalue weighted by atomic mass is 10.1. The number of carbonyl (C=O) groups is 1. The van der Waals surface area contributed by atoms with Gasteiger partial charge in [0.25, 0.3) is 5.69 Å². The van der Waals surface area contributed by atoms with Crippen LogP contribution in [0.25, 0.3) is 17.8 Å². The number of hydrogen-bond acceptors (Lipinski definition) is 6. The number of nitrogens with zero attached hydrogens (tertiary/aromatic N) is 4. The van der Waals surface area contributed by atoms with Crippen molar-refractivity contribution in [1.29, 1.82) is 0 Å². The van der Waals surface area contributed by atoms with Crippen LogP contribution in [0.15, 0.2) is 55.0 Å². The molecule has 0 atom stereocenters. The molecular formula is C19H16N4O4. The number of carbonyl (C=O) groups excluding carboxylic acids is 1. The molecule has 0 saturated carbocycles. The maximum atomic E-state index is 12.1. The van der Waals surface area contributed by atoms with Gasteiger partial charge in [0.2, 0.25) is 0 Å². The number of rotatable bonds is 6. The minimum Gasteiger partial charge on any atom is -0.462 e. The molecule has 0 unspecified atom stereocenters. The van der Waals surface area contributed by atoms with E-state index >= 15 is 0 Å². The summed E-state index contributed by atoms with van der Waals surface area (Å²) in [6, 6.07) is 10.8. The molecule has 0 radical (unpaired) electrons. The SMILES string of the molecule is CCOC(=O)c1cc([N+](=O)[O-])cnc1/C=C/c1cnn(-c2ccccc2)c1. The Morgan fingerprint density at radius 2 is 2.04 bits per heavy atom. The average molecular weight is 364 g/mol. The second kappa shape index (κ2) is 8.05. The van der Waals surface area contributed by atoms with Gasteiger partial charge in [-0.2, -0.15) is 5.10 Å². The minimum atomic E-state index is -0.659. The smallest absolute Gasteiger partial charge is 0.340 e. The van der Waals surface area contributed by atoms with Gasteiger partial charge in [0.1, 0.15) is 6.20 Å². The van der Waals surface area contributed by atoms with Crippen molar-refractivity contribution in [3.63, 3.8) is 0 Å². The molecule has 27 heavy (non-hydrogen) atoms. The van der Waals surface area contributed by atoms with Crippen LogP contribution in [0.3, 0.4) is 0 Å². The van der Waals surface area contributed by atoms with Gasteiger partial charge < -0.3 is 4.74 Å². The maximum absolute atomic E-state index is 12.1. The summed E-state index contributed by atoms with van der Waals surface area (Å²) >= 11 is 0. The van der Waals surface area contributed by atoms with Crippen LogP contribution >= 0.6 is 0 Å². The van der Waals surface area contributed by atoms with Crippen LogP contribution in [0.5, 0.6) is 0 Å².